The molecule has 1 rings (SSSR count). The van der Waals surface area contributed by atoms with Crippen LogP contribution in [0.1, 0.15) is 0 Å². The maximum atomic E-state index is 11.4. The second-order valence-electron chi connectivity index (χ2n) is 3.01. The third kappa shape index (κ3) is 4.15. The van der Waals surface area contributed by atoms with Crippen LogP contribution in [-0.2, 0) is 9.59 Å². The van der Waals surface area contributed by atoms with Crippen LogP contribution in [0.4, 0.5) is 5.69 Å². The minimum atomic E-state index is -0.349. The topological polar surface area (TPSA) is 84.2 Å². The summed E-state index contributed by atoms with van der Waals surface area (Å²) in [4.78, 5) is 22.2. The fourth-order valence-corrected chi connectivity index (χ4v) is 1.53. The van der Waals surface area contributed by atoms with E-state index in [1.807, 2.05) is 18.2 Å². The third-order valence-corrected chi connectivity index (χ3v) is 2.72. The highest BCUT2D eigenvalue weighted by Crippen LogP contribution is 2.16. The van der Waals surface area contributed by atoms with Crippen molar-refractivity contribution in [2.75, 3.05) is 18.4 Å². The average molecular weight is 333 g/mol. The van der Waals surface area contributed by atoms with Crippen molar-refractivity contribution >= 4 is 40.1 Å². The van der Waals surface area contributed by atoms with E-state index in [0.29, 0.717) is 0 Å². The van der Waals surface area contributed by atoms with Gasteiger partial charge in [0.15, 0.2) is 0 Å². The van der Waals surface area contributed by atoms with Crippen LogP contribution in [0.3, 0.4) is 0 Å². The van der Waals surface area contributed by atoms with Gasteiger partial charge in [-0.25, -0.2) is 0 Å². The normalized spacial score (nSPS) is 9.62. The Bertz CT molecular complexity index is 395. The first-order chi connectivity index (χ1) is 7.63. The molecule has 0 aliphatic carbocycles. The quantitative estimate of drug-likeness (QED) is 0.693. The van der Waals surface area contributed by atoms with Crippen LogP contribution in [0.2, 0.25) is 0 Å². The van der Waals surface area contributed by atoms with Crippen LogP contribution in [-0.4, -0.2) is 24.9 Å². The van der Waals surface area contributed by atoms with Crippen molar-refractivity contribution < 1.29 is 9.59 Å². The Kier molecular flexibility index (Phi) is 5.20. The first kappa shape index (κ1) is 12.9. The molecule has 4 N–H and O–H groups in total. The van der Waals surface area contributed by atoms with E-state index in [4.69, 9.17) is 5.73 Å². The maximum Gasteiger partial charge on any atom is 0.243 e. The number of halogens is 1. The van der Waals surface area contributed by atoms with E-state index in [2.05, 4.69) is 33.2 Å². The van der Waals surface area contributed by atoms with E-state index < -0.39 is 0 Å². The summed E-state index contributed by atoms with van der Waals surface area (Å²) in [6, 6.07) is 7.39. The molecule has 0 spiro atoms. The lowest BCUT2D eigenvalue weighted by Crippen LogP contribution is -2.36. The van der Waals surface area contributed by atoms with Crippen molar-refractivity contribution in [1.29, 1.82) is 0 Å². The van der Waals surface area contributed by atoms with Crippen LogP contribution in [0, 0.1) is 3.57 Å². The van der Waals surface area contributed by atoms with Gasteiger partial charge in [0.1, 0.15) is 0 Å². The maximum absolute atomic E-state index is 11.4. The number of nitrogens with two attached hydrogens (primary N) is 1. The number of hydrogen-bond acceptors (Lipinski definition) is 3. The number of hydrogen-bond donors (Lipinski definition) is 3. The van der Waals surface area contributed by atoms with Crippen LogP contribution < -0.4 is 16.4 Å². The molecule has 0 saturated heterocycles. The minimum absolute atomic E-state index is 0.0684. The van der Waals surface area contributed by atoms with Gasteiger partial charge >= 0.3 is 0 Å². The van der Waals surface area contributed by atoms with Gasteiger partial charge in [-0.05, 0) is 34.7 Å². The zero-order valence-corrected chi connectivity index (χ0v) is 10.7. The summed E-state index contributed by atoms with van der Waals surface area (Å²) in [6.07, 6.45) is 0. The Labute approximate surface area is 107 Å². The van der Waals surface area contributed by atoms with E-state index in [1.165, 1.54) is 0 Å². The Morgan fingerprint density at radius 3 is 2.56 bits per heavy atom. The predicted molar refractivity (Wildman–Crippen MR) is 69.9 cm³/mol. The Balaban J connectivity index is 2.46. The number of anilines is 1. The summed E-state index contributed by atoms with van der Waals surface area (Å²) in [5.74, 6) is -0.621. The van der Waals surface area contributed by atoms with Crippen LogP contribution in [0.15, 0.2) is 24.3 Å². The molecule has 0 bridgehead atoms. The molecule has 1 aromatic rings. The lowest BCUT2D eigenvalue weighted by atomic mass is 10.3. The second kappa shape index (κ2) is 6.44. The molecule has 0 aliphatic heterocycles. The first-order valence-corrected chi connectivity index (χ1v) is 5.72. The molecule has 0 saturated carbocycles. The highest BCUT2D eigenvalue weighted by atomic mass is 127. The molecule has 0 aliphatic rings. The number of amides is 2. The van der Waals surface area contributed by atoms with Gasteiger partial charge in [-0.3, -0.25) is 9.59 Å². The molecule has 5 nitrogen and oxygen atoms in total. The van der Waals surface area contributed by atoms with Gasteiger partial charge in [0.25, 0.3) is 0 Å². The first-order valence-electron chi connectivity index (χ1n) is 4.64. The van der Waals surface area contributed by atoms with Crippen LogP contribution >= 0.6 is 22.6 Å². The molecular formula is C10H12IN3O2. The van der Waals surface area contributed by atoms with Crippen LogP contribution in [0.5, 0.6) is 0 Å². The molecule has 2 amide bonds. The molecule has 0 radical (unpaired) electrons. The van der Waals surface area contributed by atoms with Gasteiger partial charge in [0, 0.05) is 3.57 Å². The van der Waals surface area contributed by atoms with Gasteiger partial charge in [-0.2, -0.15) is 0 Å². The molecule has 1 aromatic carbocycles. The fraction of sp³-hybridized carbons (Fsp3) is 0.200. The fourth-order valence-electron chi connectivity index (χ4n) is 1.01. The van der Waals surface area contributed by atoms with Crippen molar-refractivity contribution in [2.45, 2.75) is 0 Å². The van der Waals surface area contributed by atoms with Gasteiger partial charge in [0.05, 0.1) is 18.8 Å². The summed E-state index contributed by atoms with van der Waals surface area (Å²) in [6.45, 7) is -0.183. The van der Waals surface area contributed by atoms with Crippen molar-refractivity contribution in [3.05, 3.63) is 27.8 Å². The standard InChI is InChI=1S/C10H12IN3O2/c11-7-3-1-2-4-8(7)14-10(16)6-13-9(15)5-12/h1-4H,5-6,12H2,(H,13,15)(H,14,16). The number of carbonyl (C=O) groups is 2. The predicted octanol–water partition coefficient (Wildman–Crippen LogP) is 0.305. The highest BCUT2D eigenvalue weighted by molar-refractivity contribution is 14.1. The minimum Gasteiger partial charge on any atom is -0.346 e. The average Bonchev–Trinajstić information content (AvgIpc) is 2.29. The van der Waals surface area contributed by atoms with Crippen LogP contribution in [0.25, 0.3) is 0 Å². The van der Waals surface area contributed by atoms with Gasteiger partial charge in [-0.1, -0.05) is 12.1 Å². The third-order valence-electron chi connectivity index (χ3n) is 1.78. The van der Waals surface area contributed by atoms with Crippen molar-refractivity contribution in [3.8, 4) is 0 Å². The smallest absolute Gasteiger partial charge is 0.243 e. The van der Waals surface area contributed by atoms with Crippen molar-refractivity contribution in [1.82, 2.24) is 5.32 Å². The van der Waals surface area contributed by atoms with Crippen molar-refractivity contribution in [2.24, 2.45) is 5.73 Å². The monoisotopic (exact) mass is 333 g/mol. The Morgan fingerprint density at radius 1 is 1.25 bits per heavy atom. The number of rotatable bonds is 4. The zero-order chi connectivity index (χ0) is 12.0. The molecule has 0 heterocycles. The van der Waals surface area contributed by atoms with Gasteiger partial charge < -0.3 is 16.4 Å². The number of carbonyl (C=O) groups excluding carboxylic acids is 2. The molecular weight excluding hydrogens is 321 g/mol. The summed E-state index contributed by atoms with van der Waals surface area (Å²) in [5.41, 5.74) is 5.82. The summed E-state index contributed by atoms with van der Waals surface area (Å²) in [7, 11) is 0. The van der Waals surface area contributed by atoms with E-state index >= 15 is 0 Å². The van der Waals surface area contributed by atoms with E-state index in [9.17, 15) is 9.59 Å². The molecule has 0 aromatic heterocycles. The molecule has 0 unspecified atom stereocenters. The zero-order valence-electron chi connectivity index (χ0n) is 8.50. The Morgan fingerprint density at radius 2 is 1.94 bits per heavy atom. The van der Waals surface area contributed by atoms with Gasteiger partial charge in [-0.15, -0.1) is 0 Å². The highest BCUT2D eigenvalue weighted by Gasteiger charge is 2.05. The van der Waals surface area contributed by atoms with E-state index in [1.54, 1.807) is 6.07 Å². The summed E-state index contributed by atoms with van der Waals surface area (Å²) >= 11 is 2.12. The lowest BCUT2D eigenvalue weighted by molar-refractivity contribution is -0.123. The van der Waals surface area contributed by atoms with E-state index in [-0.39, 0.29) is 24.9 Å². The molecule has 6 heteroatoms. The van der Waals surface area contributed by atoms with E-state index in [0.717, 1.165) is 9.26 Å². The summed E-state index contributed by atoms with van der Waals surface area (Å²) in [5, 5.41) is 5.08. The SMILES string of the molecule is NCC(=O)NCC(=O)Nc1ccccc1I. The number of nitrogens with one attached hydrogen (secondary N) is 2. The molecule has 16 heavy (non-hydrogen) atoms. The Hall–Kier alpha value is -1.15. The second-order valence-corrected chi connectivity index (χ2v) is 4.17. The van der Waals surface area contributed by atoms with Crippen molar-refractivity contribution in [3.63, 3.8) is 0 Å². The summed E-state index contributed by atoms with van der Waals surface area (Å²) < 4.78 is 0.943. The molecule has 86 valence electrons. The number of para-hydroxylation sites is 1. The van der Waals surface area contributed by atoms with Gasteiger partial charge in [0.2, 0.25) is 11.8 Å². The largest absolute Gasteiger partial charge is 0.346 e. The molecule has 0 atom stereocenters. The number of benzene rings is 1. The lowest BCUT2D eigenvalue weighted by Gasteiger charge is -2.07. The molecule has 0 fully saturated rings.